The first-order valence-corrected chi connectivity index (χ1v) is 4.57. The van der Waals surface area contributed by atoms with E-state index in [2.05, 4.69) is 32.6 Å². The van der Waals surface area contributed by atoms with E-state index in [1.165, 1.54) is 0 Å². The summed E-state index contributed by atoms with van der Waals surface area (Å²) in [6.45, 7) is 0. The lowest BCUT2D eigenvalue weighted by Gasteiger charge is -1.96. The Labute approximate surface area is 83.3 Å². The Bertz CT molecular complexity index is 410. The molecule has 1 N–H and O–H groups in total. The van der Waals surface area contributed by atoms with Gasteiger partial charge in [-0.15, -0.1) is 0 Å². The molecule has 0 bridgehead atoms. The van der Waals surface area contributed by atoms with Crippen molar-refractivity contribution >= 4 is 33.6 Å². The molecule has 0 saturated heterocycles. The molecule has 0 saturated carbocycles. The van der Waals surface area contributed by atoms with Crippen molar-refractivity contribution < 1.29 is 4.74 Å². The summed E-state index contributed by atoms with van der Waals surface area (Å²) in [6.07, 6.45) is 0. The highest BCUT2D eigenvalue weighted by atomic mass is 127. The van der Waals surface area contributed by atoms with Crippen LogP contribution in [0.5, 0.6) is 5.88 Å². The molecule has 0 spiro atoms. The normalized spacial score (nSPS) is 10.5. The van der Waals surface area contributed by atoms with Gasteiger partial charge in [0.25, 0.3) is 0 Å². The zero-order valence-corrected chi connectivity index (χ0v) is 8.62. The average Bonchev–Trinajstić information content (AvgIpc) is 2.43. The van der Waals surface area contributed by atoms with E-state index in [1.807, 2.05) is 18.2 Å². The van der Waals surface area contributed by atoms with Crippen molar-refractivity contribution in [2.75, 3.05) is 7.11 Å². The predicted octanol–water partition coefficient (Wildman–Crippen LogP) is 2.18. The highest BCUT2D eigenvalue weighted by molar-refractivity contribution is 14.1. The topological polar surface area (TPSA) is 37.9 Å². The van der Waals surface area contributed by atoms with Crippen LogP contribution in [0.15, 0.2) is 18.2 Å². The fourth-order valence-corrected chi connectivity index (χ4v) is 1.66. The van der Waals surface area contributed by atoms with Crippen molar-refractivity contribution in [2.24, 2.45) is 0 Å². The van der Waals surface area contributed by atoms with E-state index in [4.69, 9.17) is 4.74 Å². The minimum Gasteiger partial charge on any atom is -0.481 e. The van der Waals surface area contributed by atoms with Gasteiger partial charge in [-0.2, -0.15) is 0 Å². The van der Waals surface area contributed by atoms with Crippen molar-refractivity contribution in [3.63, 3.8) is 0 Å². The van der Waals surface area contributed by atoms with E-state index in [0.717, 1.165) is 14.7 Å². The number of aromatic nitrogens is 2. The molecule has 0 atom stereocenters. The Morgan fingerprint density at radius 2 is 2.33 bits per heavy atom. The van der Waals surface area contributed by atoms with Gasteiger partial charge in [-0.1, -0.05) is 0 Å². The second kappa shape index (κ2) is 2.93. The first kappa shape index (κ1) is 7.85. The monoisotopic (exact) mass is 274 g/mol. The van der Waals surface area contributed by atoms with Crippen molar-refractivity contribution in [2.45, 2.75) is 0 Å². The molecule has 3 nitrogen and oxygen atoms in total. The molecular formula is C8H7IN2O. The van der Waals surface area contributed by atoms with Gasteiger partial charge in [-0.05, 0) is 34.7 Å². The standard InChI is InChI=1S/C8H7IN2O/c1-12-8-3-2-5-6(11-8)4-7(9)10-5/h2-4,10H,1H3. The SMILES string of the molecule is COc1ccc2[nH]c(I)cc2n1. The molecule has 0 fully saturated rings. The Hall–Kier alpha value is -0.780. The first-order valence-electron chi connectivity index (χ1n) is 3.49. The second-order valence-corrected chi connectivity index (χ2v) is 3.57. The van der Waals surface area contributed by atoms with Crippen LogP contribution in [0.4, 0.5) is 0 Å². The summed E-state index contributed by atoms with van der Waals surface area (Å²) in [6, 6.07) is 5.79. The largest absolute Gasteiger partial charge is 0.481 e. The van der Waals surface area contributed by atoms with Gasteiger partial charge in [-0.25, -0.2) is 4.98 Å². The number of hydrogen-bond acceptors (Lipinski definition) is 2. The number of pyridine rings is 1. The summed E-state index contributed by atoms with van der Waals surface area (Å²) >= 11 is 2.22. The van der Waals surface area contributed by atoms with E-state index in [1.54, 1.807) is 7.11 Å². The summed E-state index contributed by atoms with van der Waals surface area (Å²) in [7, 11) is 1.62. The van der Waals surface area contributed by atoms with Crippen molar-refractivity contribution in [1.82, 2.24) is 9.97 Å². The van der Waals surface area contributed by atoms with Gasteiger partial charge in [0.1, 0.15) is 0 Å². The summed E-state index contributed by atoms with van der Waals surface area (Å²) in [5, 5.41) is 0. The molecule has 0 amide bonds. The Morgan fingerprint density at radius 3 is 3.08 bits per heavy atom. The van der Waals surface area contributed by atoms with E-state index in [-0.39, 0.29) is 0 Å². The quantitative estimate of drug-likeness (QED) is 0.809. The zero-order chi connectivity index (χ0) is 8.55. The Morgan fingerprint density at radius 1 is 1.50 bits per heavy atom. The third-order valence-corrected chi connectivity index (χ3v) is 2.21. The van der Waals surface area contributed by atoms with E-state index in [9.17, 15) is 0 Å². The van der Waals surface area contributed by atoms with Gasteiger partial charge in [-0.3, -0.25) is 0 Å². The molecular weight excluding hydrogens is 267 g/mol. The number of H-pyrrole nitrogens is 1. The lowest BCUT2D eigenvalue weighted by Crippen LogP contribution is -1.85. The van der Waals surface area contributed by atoms with Crippen LogP contribution in [0.2, 0.25) is 0 Å². The highest BCUT2D eigenvalue weighted by Crippen LogP contribution is 2.17. The number of hydrogen-bond donors (Lipinski definition) is 1. The van der Waals surface area contributed by atoms with Gasteiger partial charge in [0.2, 0.25) is 5.88 Å². The smallest absolute Gasteiger partial charge is 0.213 e. The minimum absolute atomic E-state index is 0.651. The molecule has 12 heavy (non-hydrogen) atoms. The lowest BCUT2D eigenvalue weighted by molar-refractivity contribution is 0.399. The Kier molecular flexibility index (Phi) is 1.92. The summed E-state index contributed by atoms with van der Waals surface area (Å²) in [5.74, 6) is 0.651. The van der Waals surface area contributed by atoms with Gasteiger partial charge in [0, 0.05) is 6.07 Å². The van der Waals surface area contributed by atoms with Gasteiger partial charge >= 0.3 is 0 Å². The molecule has 2 heterocycles. The van der Waals surface area contributed by atoms with Crippen LogP contribution < -0.4 is 4.74 Å². The molecule has 4 heteroatoms. The van der Waals surface area contributed by atoms with E-state index >= 15 is 0 Å². The summed E-state index contributed by atoms with van der Waals surface area (Å²) < 4.78 is 6.09. The number of ether oxygens (including phenoxy) is 1. The fraction of sp³-hybridized carbons (Fsp3) is 0.125. The van der Waals surface area contributed by atoms with Crippen LogP contribution in [-0.4, -0.2) is 17.1 Å². The van der Waals surface area contributed by atoms with Gasteiger partial charge < -0.3 is 9.72 Å². The van der Waals surface area contributed by atoms with Gasteiger partial charge in [0.15, 0.2) is 0 Å². The number of halogens is 1. The van der Waals surface area contributed by atoms with Crippen molar-refractivity contribution in [1.29, 1.82) is 0 Å². The first-order chi connectivity index (χ1) is 5.79. The van der Waals surface area contributed by atoms with E-state index in [0.29, 0.717) is 5.88 Å². The molecule has 0 aromatic carbocycles. The molecule has 0 aliphatic rings. The van der Waals surface area contributed by atoms with Gasteiger partial charge in [0.05, 0.1) is 21.8 Å². The zero-order valence-electron chi connectivity index (χ0n) is 6.47. The van der Waals surface area contributed by atoms with Crippen LogP contribution >= 0.6 is 22.6 Å². The molecule has 2 aromatic heterocycles. The van der Waals surface area contributed by atoms with E-state index < -0.39 is 0 Å². The fourth-order valence-electron chi connectivity index (χ4n) is 1.07. The number of fused-ring (bicyclic) bond motifs is 1. The summed E-state index contributed by atoms with van der Waals surface area (Å²) in [5.41, 5.74) is 1.99. The summed E-state index contributed by atoms with van der Waals surface area (Å²) in [4.78, 5) is 7.43. The molecule has 0 radical (unpaired) electrons. The maximum absolute atomic E-state index is 5.00. The maximum Gasteiger partial charge on any atom is 0.213 e. The Balaban J connectivity index is 2.66. The third kappa shape index (κ3) is 1.26. The van der Waals surface area contributed by atoms with Crippen LogP contribution in [0.3, 0.4) is 0 Å². The van der Waals surface area contributed by atoms with Crippen molar-refractivity contribution in [3.05, 3.63) is 21.9 Å². The molecule has 0 unspecified atom stereocenters. The third-order valence-electron chi connectivity index (χ3n) is 1.63. The number of rotatable bonds is 1. The lowest BCUT2D eigenvalue weighted by atomic mass is 10.4. The van der Waals surface area contributed by atoms with Crippen LogP contribution in [0.1, 0.15) is 0 Å². The number of nitrogens with one attached hydrogen (secondary N) is 1. The average molecular weight is 274 g/mol. The van der Waals surface area contributed by atoms with Crippen LogP contribution in [0, 0.1) is 3.70 Å². The molecule has 0 aliphatic heterocycles. The van der Waals surface area contributed by atoms with Crippen LogP contribution in [0.25, 0.3) is 11.0 Å². The molecule has 2 rings (SSSR count). The molecule has 2 aromatic rings. The second-order valence-electron chi connectivity index (χ2n) is 2.40. The molecule has 62 valence electrons. The maximum atomic E-state index is 5.00. The molecule has 0 aliphatic carbocycles. The highest BCUT2D eigenvalue weighted by Gasteiger charge is 2.00. The number of nitrogens with zero attached hydrogens (tertiary/aromatic N) is 1. The minimum atomic E-state index is 0.651. The number of aromatic amines is 1. The van der Waals surface area contributed by atoms with Crippen LogP contribution in [-0.2, 0) is 0 Å². The van der Waals surface area contributed by atoms with Crippen molar-refractivity contribution in [3.8, 4) is 5.88 Å². The number of methoxy groups -OCH3 is 1. The predicted molar refractivity (Wildman–Crippen MR) is 55.4 cm³/mol.